The molecule has 4 rings (SSSR count). The van der Waals surface area contributed by atoms with Crippen LogP contribution < -0.4 is 4.74 Å². The molecule has 0 bridgehead atoms. The summed E-state index contributed by atoms with van der Waals surface area (Å²) in [7, 11) is -0.462. The molecule has 0 saturated carbocycles. The van der Waals surface area contributed by atoms with Gasteiger partial charge in [-0.15, -0.1) is 0 Å². The van der Waals surface area contributed by atoms with Crippen LogP contribution in [0, 0.1) is 11.3 Å². The molecule has 6 nitrogen and oxygen atoms in total. The molecule has 0 atom stereocenters. The molecule has 2 saturated heterocycles. The predicted octanol–water partition coefficient (Wildman–Crippen LogP) is 10.6. The van der Waals surface area contributed by atoms with Crippen LogP contribution in [0.5, 0.6) is 5.75 Å². The van der Waals surface area contributed by atoms with Crippen molar-refractivity contribution in [3.63, 3.8) is 0 Å². The molecule has 44 heavy (non-hydrogen) atoms. The minimum Gasteiger partial charge on any atom is -0.482 e. The summed E-state index contributed by atoms with van der Waals surface area (Å²) in [4.78, 5) is 14.3. The van der Waals surface area contributed by atoms with Crippen LogP contribution in [0.3, 0.4) is 0 Å². The number of carbonyl (C=O) groups is 1. The number of benzene rings is 1. The summed E-state index contributed by atoms with van der Waals surface area (Å²) in [6, 6.07) is 8.03. The monoisotopic (exact) mass is 618 g/mol. The van der Waals surface area contributed by atoms with E-state index >= 15 is 0 Å². The molecule has 0 N–H and O–H groups in total. The molecule has 0 aromatic heterocycles. The maximum atomic E-state index is 12.5. The van der Waals surface area contributed by atoms with E-state index in [1.165, 1.54) is 0 Å². The molecule has 1 amide bonds. The van der Waals surface area contributed by atoms with Gasteiger partial charge in [-0.3, -0.25) is 0 Å². The van der Waals surface area contributed by atoms with Crippen LogP contribution in [0.4, 0.5) is 4.79 Å². The average molecular weight is 618 g/mol. The summed E-state index contributed by atoms with van der Waals surface area (Å²) >= 11 is 0. The van der Waals surface area contributed by atoms with Crippen molar-refractivity contribution in [1.29, 1.82) is 0 Å². The highest BCUT2D eigenvalue weighted by Gasteiger charge is 2.54. The summed E-state index contributed by atoms with van der Waals surface area (Å²) in [5.41, 5.74) is 0.674. The number of rotatable bonds is 1. The number of piperidine rings is 1. The number of nitrogens with zero attached hydrogens (tertiary/aromatic N) is 1. The number of hydrogen-bond acceptors (Lipinski definition) is 5. The minimum absolute atomic E-state index is 0.270. The Morgan fingerprint density at radius 3 is 1.68 bits per heavy atom. The molecule has 1 aromatic carbocycles. The van der Waals surface area contributed by atoms with Gasteiger partial charge < -0.3 is 23.7 Å². The quantitative estimate of drug-likeness (QED) is 0.294. The summed E-state index contributed by atoms with van der Waals surface area (Å²) < 4.78 is 24.8. The van der Waals surface area contributed by atoms with Crippen molar-refractivity contribution >= 4 is 18.7 Å². The first-order valence-corrected chi connectivity index (χ1v) is 17.1. The molecule has 0 aliphatic carbocycles. The van der Waals surface area contributed by atoms with E-state index in [-0.39, 0.29) is 6.09 Å². The molecule has 254 valence electrons. The van der Waals surface area contributed by atoms with Gasteiger partial charge in [-0.1, -0.05) is 94.4 Å². The number of hydrogen-bond donors (Lipinski definition) is 0. The third-order valence-electron chi connectivity index (χ3n) is 8.43. The fourth-order valence-corrected chi connectivity index (χ4v) is 4.21. The fourth-order valence-electron chi connectivity index (χ4n) is 4.21. The zero-order valence-corrected chi connectivity index (χ0v) is 31.9. The van der Waals surface area contributed by atoms with Gasteiger partial charge in [0.15, 0.2) is 0 Å². The van der Waals surface area contributed by atoms with Crippen molar-refractivity contribution in [3.8, 4) is 5.75 Å². The van der Waals surface area contributed by atoms with Gasteiger partial charge in [0.05, 0.1) is 11.2 Å². The Balaban J connectivity index is 0.00000123. The molecule has 3 aliphatic heterocycles. The maximum Gasteiger partial charge on any atom is 0.495 e. The van der Waals surface area contributed by atoms with E-state index in [1.54, 1.807) is 4.90 Å². The molecule has 2 fully saturated rings. The van der Waals surface area contributed by atoms with Crippen molar-refractivity contribution in [2.24, 2.45) is 11.3 Å². The Labute approximate surface area is 272 Å². The third kappa shape index (κ3) is 11.4. The molecule has 0 unspecified atom stereocenters. The number of ether oxygens (including phenoxy) is 2. The highest BCUT2D eigenvalue weighted by Crippen LogP contribution is 2.46. The Hall–Kier alpha value is -1.99. The lowest BCUT2D eigenvalue weighted by Gasteiger charge is -2.43. The van der Waals surface area contributed by atoms with Gasteiger partial charge in [0.1, 0.15) is 17.0 Å². The largest absolute Gasteiger partial charge is 0.495 e. The number of fused-ring (bicyclic) bond motifs is 1. The molecule has 3 aliphatic rings. The van der Waals surface area contributed by atoms with Crippen molar-refractivity contribution in [2.75, 3.05) is 13.1 Å². The minimum atomic E-state index is -0.504. The molecular formula is C37H68BNO5. The zero-order valence-electron chi connectivity index (χ0n) is 31.9. The Bertz CT molecular complexity index is 1010. The van der Waals surface area contributed by atoms with E-state index in [4.69, 9.17) is 18.8 Å². The van der Waals surface area contributed by atoms with Crippen molar-refractivity contribution in [1.82, 2.24) is 4.90 Å². The summed E-state index contributed by atoms with van der Waals surface area (Å²) in [5.74, 6) is 1.63. The summed E-state index contributed by atoms with van der Waals surface area (Å²) in [5, 5.41) is 0. The van der Waals surface area contributed by atoms with Gasteiger partial charge in [-0.25, -0.2) is 4.79 Å². The van der Waals surface area contributed by atoms with Gasteiger partial charge in [0.25, 0.3) is 0 Å². The van der Waals surface area contributed by atoms with Crippen LogP contribution >= 0.6 is 0 Å². The summed E-state index contributed by atoms with van der Waals surface area (Å²) in [6.07, 6.45) is 3.27. The lowest BCUT2D eigenvalue weighted by Crippen LogP contribution is -2.51. The van der Waals surface area contributed by atoms with E-state index in [1.807, 2.05) is 80.5 Å². The van der Waals surface area contributed by atoms with E-state index in [0.29, 0.717) is 31.3 Å². The number of carbonyl (C=O) groups excluding carboxylic acids is 1. The van der Waals surface area contributed by atoms with Crippen LogP contribution in [0.1, 0.15) is 143 Å². The van der Waals surface area contributed by atoms with Crippen LogP contribution in [-0.2, 0) is 14.0 Å². The van der Waals surface area contributed by atoms with Gasteiger partial charge in [0, 0.05) is 31.5 Å². The highest BCUT2D eigenvalue weighted by molar-refractivity contribution is 6.69. The van der Waals surface area contributed by atoms with Crippen LogP contribution in [-0.4, -0.2) is 53.6 Å². The summed E-state index contributed by atoms with van der Waals surface area (Å²) in [6.45, 7) is 38.3. The van der Waals surface area contributed by atoms with Gasteiger partial charge >= 0.3 is 13.2 Å². The van der Waals surface area contributed by atoms with Crippen molar-refractivity contribution in [3.05, 3.63) is 35.9 Å². The second kappa shape index (κ2) is 17.1. The first kappa shape index (κ1) is 42.0. The Morgan fingerprint density at radius 1 is 0.841 bits per heavy atom. The topological polar surface area (TPSA) is 57.2 Å². The van der Waals surface area contributed by atoms with Crippen LogP contribution in [0.15, 0.2) is 30.3 Å². The first-order chi connectivity index (χ1) is 20.3. The molecule has 1 aromatic rings. The van der Waals surface area contributed by atoms with E-state index < -0.39 is 29.5 Å². The molecular weight excluding hydrogens is 549 g/mol. The number of para-hydroxylation sites is 1. The first-order valence-electron chi connectivity index (χ1n) is 17.1. The van der Waals surface area contributed by atoms with E-state index in [9.17, 15) is 4.79 Å². The van der Waals surface area contributed by atoms with Crippen molar-refractivity contribution in [2.45, 2.75) is 160 Å². The lowest BCUT2D eigenvalue weighted by molar-refractivity contribution is -0.00119. The molecule has 3 heterocycles. The SMILES string of the molecule is CC.CC.CC.CC(C)(C)OC(=O)N1CCC2(C=C(B3OC(C)(C)C(C)(C)O3)c3ccccc3O2)CC1.CC(C)C(C)(C)C. The molecule has 7 heteroatoms. The second-order valence-electron chi connectivity index (χ2n) is 14.3. The zero-order chi connectivity index (χ0) is 34.7. The smallest absolute Gasteiger partial charge is 0.482 e. The van der Waals surface area contributed by atoms with Crippen LogP contribution in [0.2, 0.25) is 0 Å². The average Bonchev–Trinajstić information content (AvgIpc) is 3.17. The van der Waals surface area contributed by atoms with Crippen molar-refractivity contribution < 1.29 is 23.6 Å². The van der Waals surface area contributed by atoms with E-state index in [0.717, 1.165) is 22.7 Å². The molecule has 0 radical (unpaired) electrons. The number of amides is 1. The highest BCUT2D eigenvalue weighted by atomic mass is 16.7. The lowest BCUT2D eigenvalue weighted by atomic mass is 9.69. The van der Waals surface area contributed by atoms with Gasteiger partial charge in [-0.2, -0.15) is 0 Å². The standard InChI is InChI=1S/C24H34BNO5.C7H16.3C2H6/c1-21(2,3)29-20(27)26-14-12-24(13-15-26)16-18(17-10-8-9-11-19(17)28-24)25-30-22(4,5)23(6,7)31-25;1-6(2)7(3,4)5;3*1-2/h8-11,16H,12-15H2,1-7H3;6H,1-5H3;3*1-2H3. The van der Waals surface area contributed by atoms with Crippen LogP contribution in [0.25, 0.3) is 5.47 Å². The third-order valence-corrected chi connectivity index (χ3v) is 8.43. The van der Waals surface area contributed by atoms with Gasteiger partial charge in [-0.05, 0) is 77.4 Å². The predicted molar refractivity (Wildman–Crippen MR) is 189 cm³/mol. The van der Waals surface area contributed by atoms with Gasteiger partial charge in [0.2, 0.25) is 0 Å². The molecule has 1 spiro atoms. The fraction of sp³-hybridized carbons (Fsp3) is 0.757. The number of likely N-dealkylation sites (tertiary alicyclic amines) is 1. The maximum absolute atomic E-state index is 12.5. The Morgan fingerprint density at radius 2 is 1.27 bits per heavy atom. The van der Waals surface area contributed by atoms with E-state index in [2.05, 4.69) is 74.5 Å². The normalized spacial score (nSPS) is 19.2. The Kier molecular flexibility index (Phi) is 16.3. The second-order valence-corrected chi connectivity index (χ2v) is 14.3.